The minimum atomic E-state index is -0.959. The number of hydrogen-bond donors (Lipinski definition) is 3. The third-order valence-corrected chi connectivity index (χ3v) is 4.72. The van der Waals surface area contributed by atoms with E-state index >= 15 is 0 Å². The molecule has 1 atom stereocenters. The van der Waals surface area contributed by atoms with Crippen LogP contribution in [0.3, 0.4) is 0 Å². The molecule has 0 amide bonds. The number of aromatic nitrogens is 2. The van der Waals surface area contributed by atoms with Crippen LogP contribution in [0.15, 0.2) is 30.3 Å². The van der Waals surface area contributed by atoms with Crippen molar-refractivity contribution in [1.82, 2.24) is 14.9 Å². The van der Waals surface area contributed by atoms with E-state index in [0.29, 0.717) is 24.7 Å². The molecule has 28 heavy (non-hydrogen) atoms. The fraction of sp³-hybridized carbons (Fsp3) is 0.350. The molecular weight excluding hydrogens is 358 g/mol. The summed E-state index contributed by atoms with van der Waals surface area (Å²) in [5.41, 5.74) is 14.0. The zero-order chi connectivity index (χ0) is 20.3. The second-order valence-corrected chi connectivity index (χ2v) is 7.20. The van der Waals surface area contributed by atoms with Crippen LogP contribution in [0.1, 0.15) is 30.5 Å². The van der Waals surface area contributed by atoms with E-state index in [1.165, 1.54) is 0 Å². The number of fused-ring (bicyclic) bond motifs is 1. The summed E-state index contributed by atoms with van der Waals surface area (Å²) >= 11 is 0. The number of likely N-dealkylation sites (N-methyl/N-ethyl adjacent to an activating group) is 1. The van der Waals surface area contributed by atoms with Gasteiger partial charge in [-0.25, -0.2) is 4.79 Å². The van der Waals surface area contributed by atoms with Gasteiger partial charge in [-0.3, -0.25) is 4.90 Å². The van der Waals surface area contributed by atoms with E-state index in [1.54, 1.807) is 6.08 Å². The van der Waals surface area contributed by atoms with E-state index in [4.69, 9.17) is 21.3 Å². The highest BCUT2D eigenvalue weighted by molar-refractivity contribution is 5.85. The van der Waals surface area contributed by atoms with E-state index in [9.17, 15) is 4.79 Å². The van der Waals surface area contributed by atoms with Gasteiger partial charge in [0.2, 0.25) is 11.8 Å². The first-order valence-corrected chi connectivity index (χ1v) is 9.11. The molecule has 3 rings (SSSR count). The number of nitrogen functional groups attached to an aromatic ring is 2. The lowest BCUT2D eigenvalue weighted by atomic mass is 9.99. The van der Waals surface area contributed by atoms with Crippen molar-refractivity contribution in [3.8, 4) is 5.88 Å². The fourth-order valence-electron chi connectivity index (χ4n) is 3.39. The first-order chi connectivity index (χ1) is 13.3. The molecule has 0 spiro atoms. The molecule has 1 aliphatic rings. The van der Waals surface area contributed by atoms with Crippen molar-refractivity contribution in [2.24, 2.45) is 0 Å². The van der Waals surface area contributed by atoms with Gasteiger partial charge in [0.15, 0.2) is 0 Å². The zero-order valence-electron chi connectivity index (χ0n) is 16.1. The Hall–Kier alpha value is -3.13. The predicted octanol–water partition coefficient (Wildman–Crippen LogP) is 1.95. The smallest absolute Gasteiger partial charge is 0.328 e. The van der Waals surface area contributed by atoms with Crippen molar-refractivity contribution in [2.45, 2.75) is 32.4 Å². The van der Waals surface area contributed by atoms with Crippen molar-refractivity contribution < 1.29 is 14.6 Å². The summed E-state index contributed by atoms with van der Waals surface area (Å²) in [5, 5.41) is 8.71. The molecule has 0 radical (unpaired) electrons. The average Bonchev–Trinajstić information content (AvgIpc) is 2.97. The van der Waals surface area contributed by atoms with Crippen molar-refractivity contribution in [3.05, 3.63) is 47.0 Å². The molecule has 1 aliphatic heterocycles. The topological polar surface area (TPSA) is 128 Å². The van der Waals surface area contributed by atoms with Crippen LogP contribution in [0.2, 0.25) is 0 Å². The number of rotatable bonds is 7. The molecule has 1 unspecified atom stereocenters. The second-order valence-electron chi connectivity index (χ2n) is 7.20. The fourth-order valence-corrected chi connectivity index (χ4v) is 3.39. The highest BCUT2D eigenvalue weighted by atomic mass is 16.5. The maximum Gasteiger partial charge on any atom is 0.328 e. The third kappa shape index (κ3) is 4.58. The molecule has 8 heteroatoms. The molecule has 0 fully saturated rings. The third-order valence-electron chi connectivity index (χ3n) is 4.72. The van der Waals surface area contributed by atoms with Crippen LogP contribution in [0.25, 0.3) is 6.08 Å². The number of anilines is 2. The Morgan fingerprint density at radius 1 is 1.32 bits per heavy atom. The molecule has 1 aromatic heterocycles. The van der Waals surface area contributed by atoms with Crippen LogP contribution in [0, 0.1) is 0 Å². The van der Waals surface area contributed by atoms with Crippen LogP contribution in [0.4, 0.5) is 11.8 Å². The summed E-state index contributed by atoms with van der Waals surface area (Å²) in [6.07, 6.45) is 3.33. The summed E-state index contributed by atoms with van der Waals surface area (Å²) in [5.74, 6) is 0.00130. The Morgan fingerprint density at radius 2 is 2.04 bits per heavy atom. The summed E-state index contributed by atoms with van der Waals surface area (Å²) < 4.78 is 6.08. The van der Waals surface area contributed by atoms with Gasteiger partial charge in [0.25, 0.3) is 0 Å². The van der Waals surface area contributed by atoms with Gasteiger partial charge in [-0.2, -0.15) is 9.97 Å². The number of hydrogen-bond acceptors (Lipinski definition) is 7. The first kappa shape index (κ1) is 19.6. The Bertz CT molecular complexity index is 897. The standard InChI is InChI=1S/C20H25N5O3/c1-3-25(11-14-6-4-13(5-7-14)8-9-16(26)27)12-20(2)10-15-17(21)23-19(22)24-18(15)28-20/h4-9H,3,10-12H2,1-2H3,(H,26,27)(H4,21,22,23,24)/b9-8+. The van der Waals surface area contributed by atoms with E-state index in [-0.39, 0.29) is 5.95 Å². The van der Waals surface area contributed by atoms with Gasteiger partial charge in [-0.1, -0.05) is 31.2 Å². The Kier molecular flexibility index (Phi) is 5.51. The van der Waals surface area contributed by atoms with Gasteiger partial charge in [0, 0.05) is 25.6 Å². The van der Waals surface area contributed by atoms with Gasteiger partial charge in [0.1, 0.15) is 11.4 Å². The number of benzene rings is 1. The predicted molar refractivity (Wildman–Crippen MR) is 108 cm³/mol. The van der Waals surface area contributed by atoms with Gasteiger partial charge in [-0.15, -0.1) is 0 Å². The quantitative estimate of drug-likeness (QED) is 0.619. The van der Waals surface area contributed by atoms with Gasteiger partial charge in [0.05, 0.1) is 5.56 Å². The van der Waals surface area contributed by atoms with E-state index in [1.807, 2.05) is 31.2 Å². The number of carboxylic acid groups (broad SMARTS) is 1. The highest BCUT2D eigenvalue weighted by Crippen LogP contribution is 2.37. The molecule has 0 aliphatic carbocycles. The SMILES string of the molecule is CCN(Cc1ccc(/C=C/C(=O)O)cc1)CC1(C)Cc2c(N)nc(N)nc2O1. The van der Waals surface area contributed by atoms with Crippen LogP contribution in [-0.2, 0) is 17.8 Å². The van der Waals surface area contributed by atoms with Crippen molar-refractivity contribution in [2.75, 3.05) is 24.6 Å². The number of nitrogens with two attached hydrogens (primary N) is 2. The maximum atomic E-state index is 10.6. The molecule has 2 heterocycles. The monoisotopic (exact) mass is 383 g/mol. The molecule has 0 bridgehead atoms. The molecular formula is C20H25N5O3. The lowest BCUT2D eigenvalue weighted by Gasteiger charge is -2.31. The van der Waals surface area contributed by atoms with Crippen LogP contribution in [0.5, 0.6) is 5.88 Å². The lowest BCUT2D eigenvalue weighted by molar-refractivity contribution is -0.131. The normalized spacial score (nSPS) is 18.4. The Labute approximate surface area is 163 Å². The summed E-state index contributed by atoms with van der Waals surface area (Å²) in [7, 11) is 0. The number of ether oxygens (including phenoxy) is 1. The van der Waals surface area contributed by atoms with Crippen molar-refractivity contribution >= 4 is 23.8 Å². The van der Waals surface area contributed by atoms with Gasteiger partial charge in [-0.05, 0) is 30.7 Å². The largest absolute Gasteiger partial charge is 0.478 e. The number of carbonyl (C=O) groups is 1. The number of carboxylic acids is 1. The van der Waals surface area contributed by atoms with Crippen LogP contribution in [-0.4, -0.2) is 44.6 Å². The number of aliphatic carboxylic acids is 1. The lowest BCUT2D eigenvalue weighted by Crippen LogP contribution is -2.44. The van der Waals surface area contributed by atoms with E-state index in [0.717, 1.165) is 35.9 Å². The molecule has 0 saturated heterocycles. The van der Waals surface area contributed by atoms with Gasteiger partial charge >= 0.3 is 5.97 Å². The molecule has 148 valence electrons. The van der Waals surface area contributed by atoms with Crippen LogP contribution < -0.4 is 16.2 Å². The van der Waals surface area contributed by atoms with Crippen molar-refractivity contribution in [3.63, 3.8) is 0 Å². The van der Waals surface area contributed by atoms with E-state index < -0.39 is 11.6 Å². The zero-order valence-corrected chi connectivity index (χ0v) is 16.1. The molecule has 1 aromatic carbocycles. The minimum absolute atomic E-state index is 0.116. The molecule has 5 N–H and O–H groups in total. The minimum Gasteiger partial charge on any atom is -0.478 e. The Morgan fingerprint density at radius 3 is 2.68 bits per heavy atom. The highest BCUT2D eigenvalue weighted by Gasteiger charge is 2.39. The maximum absolute atomic E-state index is 10.6. The van der Waals surface area contributed by atoms with Crippen molar-refractivity contribution in [1.29, 1.82) is 0 Å². The molecule has 2 aromatic rings. The Balaban J connectivity index is 1.66. The molecule has 0 saturated carbocycles. The summed E-state index contributed by atoms with van der Waals surface area (Å²) in [4.78, 5) is 21.1. The molecule has 8 nitrogen and oxygen atoms in total. The van der Waals surface area contributed by atoms with Gasteiger partial charge < -0.3 is 21.3 Å². The van der Waals surface area contributed by atoms with E-state index in [2.05, 4.69) is 21.8 Å². The average molecular weight is 383 g/mol. The number of nitrogens with zero attached hydrogens (tertiary/aromatic N) is 3. The summed E-state index contributed by atoms with van der Waals surface area (Å²) in [6, 6.07) is 7.82. The first-order valence-electron chi connectivity index (χ1n) is 9.11. The van der Waals surface area contributed by atoms with Crippen LogP contribution >= 0.6 is 0 Å². The second kappa shape index (κ2) is 7.85. The summed E-state index contributed by atoms with van der Waals surface area (Å²) in [6.45, 7) is 6.42.